The molecule has 5 aromatic rings. The van der Waals surface area contributed by atoms with Gasteiger partial charge in [-0.3, -0.25) is 4.79 Å². The number of nitrogens with one attached hydrogen (secondary N) is 1. The summed E-state index contributed by atoms with van der Waals surface area (Å²) >= 11 is 0. The Labute approximate surface area is 233 Å². The van der Waals surface area contributed by atoms with Crippen LogP contribution in [-0.4, -0.2) is 33.6 Å². The number of ether oxygens (including phenoxy) is 1. The van der Waals surface area contributed by atoms with Crippen molar-refractivity contribution in [3.8, 4) is 0 Å². The zero-order chi connectivity index (χ0) is 27.4. The standard InChI is InChI=1S/C34H29N3O3/c38-31(26-13-5-1-6-14-26)36-33(21-22-40-32(33)39)23-30-24-37(25-35-30)34(27-15-7-2-8-16-27,28-17-9-3-10-18-28)29-19-11-4-12-20-29/h1-20,24-25H,21-23H2,(H,36,38)/t33-/m0/s1. The van der Waals surface area contributed by atoms with Crippen LogP contribution in [0.5, 0.6) is 0 Å². The molecule has 1 aliphatic rings. The summed E-state index contributed by atoms with van der Waals surface area (Å²) in [6.45, 7) is 0.247. The Balaban J connectivity index is 1.45. The third-order valence-corrected chi connectivity index (χ3v) is 7.62. The van der Waals surface area contributed by atoms with Crippen molar-refractivity contribution in [1.29, 1.82) is 0 Å². The van der Waals surface area contributed by atoms with Crippen LogP contribution in [0.25, 0.3) is 0 Å². The lowest BCUT2D eigenvalue weighted by Gasteiger charge is -2.37. The molecule has 2 heterocycles. The van der Waals surface area contributed by atoms with E-state index in [1.807, 2.05) is 73.2 Å². The van der Waals surface area contributed by atoms with Crippen LogP contribution in [-0.2, 0) is 21.5 Å². The van der Waals surface area contributed by atoms with E-state index in [4.69, 9.17) is 9.72 Å². The predicted molar refractivity (Wildman–Crippen MR) is 153 cm³/mol. The SMILES string of the molecule is O=C(N[C@]1(Cc2cn(C(c3ccccc3)(c3ccccc3)c3ccccc3)cn2)CCOC1=O)c1ccccc1. The van der Waals surface area contributed by atoms with E-state index in [2.05, 4.69) is 46.3 Å². The summed E-state index contributed by atoms with van der Waals surface area (Å²) in [6.07, 6.45) is 4.38. The van der Waals surface area contributed by atoms with E-state index in [1.54, 1.807) is 24.3 Å². The average molecular weight is 528 g/mol. The molecule has 6 nitrogen and oxygen atoms in total. The fourth-order valence-electron chi connectivity index (χ4n) is 5.69. The number of imidazole rings is 1. The molecule has 0 bridgehead atoms. The highest BCUT2D eigenvalue weighted by atomic mass is 16.5. The predicted octanol–water partition coefficient (Wildman–Crippen LogP) is 5.38. The molecule has 1 saturated heterocycles. The molecule has 1 aliphatic heterocycles. The number of benzene rings is 4. The molecule has 1 aromatic heterocycles. The normalized spacial score (nSPS) is 16.9. The molecular formula is C34H29N3O3. The van der Waals surface area contributed by atoms with E-state index in [-0.39, 0.29) is 18.9 Å². The Morgan fingerprint density at radius 1 is 0.800 bits per heavy atom. The smallest absolute Gasteiger partial charge is 0.332 e. The van der Waals surface area contributed by atoms with Crippen LogP contribution >= 0.6 is 0 Å². The topological polar surface area (TPSA) is 73.2 Å². The van der Waals surface area contributed by atoms with Crippen molar-refractivity contribution in [3.05, 3.63) is 162 Å². The highest BCUT2D eigenvalue weighted by Gasteiger charge is 2.47. The van der Waals surface area contributed by atoms with Gasteiger partial charge in [-0.1, -0.05) is 109 Å². The molecule has 0 saturated carbocycles. The molecule has 6 rings (SSSR count). The molecule has 6 heteroatoms. The molecule has 0 spiro atoms. The quantitative estimate of drug-likeness (QED) is 0.217. The van der Waals surface area contributed by atoms with Crippen molar-refractivity contribution in [2.75, 3.05) is 6.61 Å². The van der Waals surface area contributed by atoms with Crippen LogP contribution in [0.15, 0.2) is 134 Å². The number of rotatable bonds is 8. The van der Waals surface area contributed by atoms with Gasteiger partial charge in [-0.05, 0) is 28.8 Å². The largest absolute Gasteiger partial charge is 0.464 e. The summed E-state index contributed by atoms with van der Waals surface area (Å²) in [6, 6.07) is 39.9. The van der Waals surface area contributed by atoms with Crippen LogP contribution < -0.4 is 5.32 Å². The number of aromatic nitrogens is 2. The molecule has 4 aromatic carbocycles. The second-order valence-corrected chi connectivity index (χ2v) is 10.0. The lowest BCUT2D eigenvalue weighted by atomic mass is 9.76. The Morgan fingerprint density at radius 2 is 1.30 bits per heavy atom. The van der Waals surface area contributed by atoms with E-state index >= 15 is 0 Å². The van der Waals surface area contributed by atoms with Crippen molar-refractivity contribution in [2.45, 2.75) is 23.9 Å². The molecule has 1 amide bonds. The fourth-order valence-corrected chi connectivity index (χ4v) is 5.69. The van der Waals surface area contributed by atoms with Crippen LogP contribution in [0.3, 0.4) is 0 Å². The molecule has 198 valence electrons. The Bertz CT molecular complexity index is 1510. The maximum atomic E-state index is 13.1. The summed E-state index contributed by atoms with van der Waals surface area (Å²) in [7, 11) is 0. The first-order chi connectivity index (χ1) is 19.6. The minimum Gasteiger partial charge on any atom is -0.464 e. The molecule has 0 aliphatic carbocycles. The molecule has 1 N–H and O–H groups in total. The molecule has 1 fully saturated rings. The van der Waals surface area contributed by atoms with E-state index in [9.17, 15) is 9.59 Å². The van der Waals surface area contributed by atoms with Crippen molar-refractivity contribution in [3.63, 3.8) is 0 Å². The first-order valence-corrected chi connectivity index (χ1v) is 13.4. The fraction of sp³-hybridized carbons (Fsp3) is 0.147. The number of amides is 1. The number of hydrogen-bond donors (Lipinski definition) is 1. The van der Waals surface area contributed by atoms with Crippen molar-refractivity contribution >= 4 is 11.9 Å². The highest BCUT2D eigenvalue weighted by Crippen LogP contribution is 2.41. The van der Waals surface area contributed by atoms with Crippen LogP contribution in [0.2, 0.25) is 0 Å². The number of esters is 1. The second kappa shape index (κ2) is 10.7. The van der Waals surface area contributed by atoms with Crippen LogP contribution in [0.4, 0.5) is 0 Å². The summed E-state index contributed by atoms with van der Waals surface area (Å²) in [5.41, 5.74) is 2.48. The van der Waals surface area contributed by atoms with Gasteiger partial charge in [0.05, 0.1) is 18.6 Å². The first-order valence-electron chi connectivity index (χ1n) is 13.4. The summed E-state index contributed by atoms with van der Waals surface area (Å²) in [4.78, 5) is 31.0. The minimum absolute atomic E-state index is 0.214. The average Bonchev–Trinajstić information content (AvgIpc) is 3.62. The van der Waals surface area contributed by atoms with Crippen molar-refractivity contribution < 1.29 is 14.3 Å². The number of cyclic esters (lactones) is 1. The second-order valence-electron chi connectivity index (χ2n) is 10.0. The number of carbonyl (C=O) groups is 2. The first kappa shape index (κ1) is 25.3. The highest BCUT2D eigenvalue weighted by molar-refractivity contribution is 5.98. The summed E-state index contributed by atoms with van der Waals surface area (Å²) < 4.78 is 7.48. The Hall–Kier alpha value is -4.97. The Kier molecular flexibility index (Phi) is 6.74. The third-order valence-electron chi connectivity index (χ3n) is 7.62. The van der Waals surface area contributed by atoms with Crippen molar-refractivity contribution in [2.24, 2.45) is 0 Å². The van der Waals surface area contributed by atoms with E-state index in [0.717, 1.165) is 16.7 Å². The van der Waals surface area contributed by atoms with Gasteiger partial charge in [-0.25, -0.2) is 9.78 Å². The van der Waals surface area contributed by atoms with Gasteiger partial charge in [0.15, 0.2) is 0 Å². The number of carbonyl (C=O) groups excluding carboxylic acids is 2. The monoisotopic (exact) mass is 527 g/mol. The van der Waals surface area contributed by atoms with E-state index in [1.165, 1.54) is 0 Å². The van der Waals surface area contributed by atoms with Gasteiger partial charge in [0.25, 0.3) is 5.91 Å². The van der Waals surface area contributed by atoms with E-state index in [0.29, 0.717) is 17.7 Å². The maximum Gasteiger partial charge on any atom is 0.332 e. The maximum absolute atomic E-state index is 13.1. The van der Waals surface area contributed by atoms with Gasteiger partial charge in [0.1, 0.15) is 11.1 Å². The van der Waals surface area contributed by atoms with Gasteiger partial charge < -0.3 is 14.6 Å². The van der Waals surface area contributed by atoms with Gasteiger partial charge in [0.2, 0.25) is 0 Å². The third kappa shape index (κ3) is 4.47. The van der Waals surface area contributed by atoms with E-state index < -0.39 is 17.0 Å². The zero-order valence-electron chi connectivity index (χ0n) is 21.9. The molecular weight excluding hydrogens is 498 g/mol. The lowest BCUT2D eigenvalue weighted by molar-refractivity contribution is -0.143. The molecule has 40 heavy (non-hydrogen) atoms. The number of nitrogens with zero attached hydrogens (tertiary/aromatic N) is 2. The molecule has 0 radical (unpaired) electrons. The molecule has 0 unspecified atom stereocenters. The zero-order valence-corrected chi connectivity index (χ0v) is 21.9. The summed E-state index contributed by atoms with van der Waals surface area (Å²) in [5.74, 6) is -0.752. The van der Waals surface area contributed by atoms with Gasteiger partial charge in [-0.15, -0.1) is 0 Å². The lowest BCUT2D eigenvalue weighted by Crippen LogP contribution is -2.53. The van der Waals surface area contributed by atoms with Gasteiger partial charge in [0, 0.05) is 24.6 Å². The summed E-state index contributed by atoms with van der Waals surface area (Å²) in [5, 5.41) is 2.99. The van der Waals surface area contributed by atoms with Crippen molar-refractivity contribution in [1.82, 2.24) is 14.9 Å². The van der Waals surface area contributed by atoms with Crippen LogP contribution in [0.1, 0.15) is 39.2 Å². The Morgan fingerprint density at radius 3 is 1.77 bits per heavy atom. The van der Waals surface area contributed by atoms with Gasteiger partial charge in [-0.2, -0.15) is 0 Å². The molecule has 1 atom stereocenters. The minimum atomic E-state index is -1.19. The van der Waals surface area contributed by atoms with Crippen LogP contribution in [0, 0.1) is 0 Å². The van der Waals surface area contributed by atoms with Gasteiger partial charge >= 0.3 is 5.97 Å². The number of hydrogen-bond acceptors (Lipinski definition) is 4.